The number of ether oxygens (including phenoxy) is 1. The fourth-order valence-corrected chi connectivity index (χ4v) is 1.82. The summed E-state index contributed by atoms with van der Waals surface area (Å²) in [7, 11) is 0. The van der Waals surface area contributed by atoms with Gasteiger partial charge >= 0.3 is 5.97 Å². The highest BCUT2D eigenvalue weighted by Crippen LogP contribution is 2.40. The minimum Gasteiger partial charge on any atom is -0.461 e. The summed E-state index contributed by atoms with van der Waals surface area (Å²) in [5.41, 5.74) is 0. The fourth-order valence-electron chi connectivity index (χ4n) is 1.82. The van der Waals surface area contributed by atoms with Gasteiger partial charge in [-0.25, -0.2) is 0 Å². The summed E-state index contributed by atoms with van der Waals surface area (Å²) in [6.07, 6.45) is 2.48. The van der Waals surface area contributed by atoms with Gasteiger partial charge in [0.05, 0.1) is 11.8 Å². The van der Waals surface area contributed by atoms with Gasteiger partial charge < -0.3 is 9.53 Å². The molecule has 3 nitrogen and oxygen atoms in total. The number of carbonyl (C=O) groups excluding carboxylic acids is 2. The number of rotatable bonds is 1. The maximum absolute atomic E-state index is 10.8. The van der Waals surface area contributed by atoms with Crippen molar-refractivity contribution in [2.75, 3.05) is 0 Å². The molecule has 0 spiro atoms. The lowest BCUT2D eigenvalue weighted by Gasteiger charge is -2.07. The Bertz CT molecular complexity index is 187. The second kappa shape index (κ2) is 1.81. The van der Waals surface area contributed by atoms with Crippen LogP contribution in [0.25, 0.3) is 0 Å². The standard InChI is InChI=1S/C7H8O3/c8-3-5-4-1-2-6(5)10-7(4)9/h3-6H,1-2H2/t4-,5-,6+/m0/s1. The van der Waals surface area contributed by atoms with E-state index in [-0.39, 0.29) is 23.9 Å². The number of hydrogen-bond acceptors (Lipinski definition) is 3. The van der Waals surface area contributed by atoms with Crippen LogP contribution in [0.4, 0.5) is 0 Å². The Morgan fingerprint density at radius 3 is 2.60 bits per heavy atom. The molecule has 0 aromatic rings. The monoisotopic (exact) mass is 140 g/mol. The maximum Gasteiger partial charge on any atom is 0.310 e. The SMILES string of the molecule is O=C[C@H]1[C@@H]2CC[C@H]1OC2=O. The van der Waals surface area contributed by atoms with Crippen molar-refractivity contribution in [1.29, 1.82) is 0 Å². The topological polar surface area (TPSA) is 43.4 Å². The van der Waals surface area contributed by atoms with Gasteiger partial charge in [0, 0.05) is 0 Å². The molecule has 2 aliphatic rings. The minimum atomic E-state index is -0.173. The van der Waals surface area contributed by atoms with Gasteiger partial charge in [-0.2, -0.15) is 0 Å². The molecule has 1 aliphatic carbocycles. The van der Waals surface area contributed by atoms with Crippen LogP contribution in [-0.2, 0) is 14.3 Å². The molecule has 3 heteroatoms. The van der Waals surface area contributed by atoms with Crippen molar-refractivity contribution in [3.05, 3.63) is 0 Å². The summed E-state index contributed by atoms with van der Waals surface area (Å²) in [5, 5.41) is 0. The van der Waals surface area contributed by atoms with Crippen molar-refractivity contribution in [3.63, 3.8) is 0 Å². The van der Waals surface area contributed by atoms with Crippen LogP contribution in [0.2, 0.25) is 0 Å². The molecule has 0 unspecified atom stereocenters. The van der Waals surface area contributed by atoms with Crippen LogP contribution in [0.1, 0.15) is 12.8 Å². The zero-order valence-corrected chi connectivity index (χ0v) is 5.45. The van der Waals surface area contributed by atoms with Crippen LogP contribution >= 0.6 is 0 Å². The van der Waals surface area contributed by atoms with Gasteiger partial charge in [-0.05, 0) is 12.8 Å². The quantitative estimate of drug-likeness (QED) is 0.384. The van der Waals surface area contributed by atoms with Gasteiger partial charge in [-0.1, -0.05) is 0 Å². The Balaban J connectivity index is 2.25. The highest BCUT2D eigenvalue weighted by atomic mass is 16.6. The summed E-state index contributed by atoms with van der Waals surface area (Å²) in [4.78, 5) is 21.2. The highest BCUT2D eigenvalue weighted by molar-refractivity contribution is 5.81. The van der Waals surface area contributed by atoms with Gasteiger partial charge in [0.2, 0.25) is 0 Å². The molecule has 1 aliphatic heterocycles. The molecular formula is C7H8O3. The lowest BCUT2D eigenvalue weighted by molar-refractivity contribution is -0.147. The van der Waals surface area contributed by atoms with Crippen molar-refractivity contribution in [3.8, 4) is 0 Å². The first-order valence-electron chi connectivity index (χ1n) is 3.48. The average Bonchev–Trinajstić information content (AvgIpc) is 2.42. The van der Waals surface area contributed by atoms with E-state index in [1.807, 2.05) is 0 Å². The molecule has 3 atom stereocenters. The molecule has 2 fully saturated rings. The largest absolute Gasteiger partial charge is 0.461 e. The van der Waals surface area contributed by atoms with Crippen LogP contribution in [0.5, 0.6) is 0 Å². The number of aldehydes is 1. The zero-order chi connectivity index (χ0) is 7.14. The fraction of sp³-hybridized carbons (Fsp3) is 0.714. The molecule has 54 valence electrons. The smallest absolute Gasteiger partial charge is 0.310 e. The summed E-state index contributed by atoms with van der Waals surface area (Å²) in [6.45, 7) is 0. The molecule has 1 saturated heterocycles. The maximum atomic E-state index is 10.8. The average molecular weight is 140 g/mol. The van der Waals surface area contributed by atoms with Crippen molar-refractivity contribution < 1.29 is 14.3 Å². The Labute approximate surface area is 58.4 Å². The zero-order valence-electron chi connectivity index (χ0n) is 5.45. The van der Waals surface area contributed by atoms with Gasteiger partial charge in [-0.3, -0.25) is 4.79 Å². The van der Waals surface area contributed by atoms with Gasteiger partial charge in [0.1, 0.15) is 12.4 Å². The van der Waals surface area contributed by atoms with Gasteiger partial charge in [-0.15, -0.1) is 0 Å². The number of carbonyl (C=O) groups is 2. The number of esters is 1. The number of fused-ring (bicyclic) bond motifs is 2. The van der Waals surface area contributed by atoms with E-state index in [1.165, 1.54) is 0 Å². The third kappa shape index (κ3) is 0.549. The highest BCUT2D eigenvalue weighted by Gasteiger charge is 2.49. The predicted molar refractivity (Wildman–Crippen MR) is 32.2 cm³/mol. The van der Waals surface area contributed by atoms with E-state index < -0.39 is 0 Å². The molecule has 0 radical (unpaired) electrons. The molecule has 0 aromatic heterocycles. The van der Waals surface area contributed by atoms with Crippen molar-refractivity contribution in [1.82, 2.24) is 0 Å². The first kappa shape index (κ1) is 5.89. The van der Waals surface area contributed by atoms with Crippen LogP contribution < -0.4 is 0 Å². The van der Waals surface area contributed by atoms with Crippen molar-refractivity contribution >= 4 is 12.3 Å². The lowest BCUT2D eigenvalue weighted by Crippen LogP contribution is -2.13. The molecule has 10 heavy (non-hydrogen) atoms. The molecular weight excluding hydrogens is 132 g/mol. The Morgan fingerprint density at radius 2 is 2.30 bits per heavy atom. The van der Waals surface area contributed by atoms with Crippen molar-refractivity contribution in [2.45, 2.75) is 18.9 Å². The first-order valence-corrected chi connectivity index (χ1v) is 3.48. The van der Waals surface area contributed by atoms with Gasteiger partial charge in [0.15, 0.2) is 0 Å². The van der Waals surface area contributed by atoms with E-state index in [0.29, 0.717) is 0 Å². The summed E-state index contributed by atoms with van der Waals surface area (Å²) < 4.78 is 4.89. The Hall–Kier alpha value is -0.860. The Morgan fingerprint density at radius 1 is 1.50 bits per heavy atom. The first-order chi connectivity index (χ1) is 4.83. The molecule has 0 N–H and O–H groups in total. The van der Waals surface area contributed by atoms with Crippen LogP contribution in [0, 0.1) is 11.8 Å². The molecule has 2 rings (SSSR count). The summed E-state index contributed by atoms with van der Waals surface area (Å²) in [6, 6.07) is 0. The van der Waals surface area contributed by atoms with E-state index in [4.69, 9.17) is 4.74 Å². The normalized spacial score (nSPS) is 43.6. The second-order valence-corrected chi connectivity index (χ2v) is 2.87. The van der Waals surface area contributed by atoms with Crippen molar-refractivity contribution in [2.24, 2.45) is 11.8 Å². The molecule has 0 amide bonds. The van der Waals surface area contributed by atoms with Crippen LogP contribution in [0.15, 0.2) is 0 Å². The minimum absolute atomic E-state index is 0.0880. The van der Waals surface area contributed by atoms with Gasteiger partial charge in [0.25, 0.3) is 0 Å². The Kier molecular flexibility index (Phi) is 1.07. The molecule has 1 saturated carbocycles. The van der Waals surface area contributed by atoms with Crippen LogP contribution in [-0.4, -0.2) is 18.4 Å². The molecule has 1 heterocycles. The van der Waals surface area contributed by atoms with E-state index >= 15 is 0 Å². The van der Waals surface area contributed by atoms with E-state index in [0.717, 1.165) is 19.1 Å². The third-order valence-corrected chi connectivity index (χ3v) is 2.38. The second-order valence-electron chi connectivity index (χ2n) is 2.87. The molecule has 2 bridgehead atoms. The third-order valence-electron chi connectivity index (χ3n) is 2.38. The molecule has 0 aromatic carbocycles. The van der Waals surface area contributed by atoms with Crippen LogP contribution in [0.3, 0.4) is 0 Å². The van der Waals surface area contributed by atoms with E-state index in [2.05, 4.69) is 0 Å². The van der Waals surface area contributed by atoms with E-state index in [9.17, 15) is 9.59 Å². The number of hydrogen-bond donors (Lipinski definition) is 0. The van der Waals surface area contributed by atoms with E-state index in [1.54, 1.807) is 0 Å². The summed E-state index contributed by atoms with van der Waals surface area (Å²) >= 11 is 0. The summed E-state index contributed by atoms with van der Waals surface area (Å²) in [5.74, 6) is -0.414. The predicted octanol–water partition coefficient (Wildman–Crippen LogP) is 0.137. The lowest BCUT2D eigenvalue weighted by atomic mass is 10.00.